The van der Waals surface area contributed by atoms with Crippen molar-refractivity contribution in [3.8, 4) is 11.3 Å². The van der Waals surface area contributed by atoms with Crippen LogP contribution >= 0.6 is 11.3 Å². The second-order valence-corrected chi connectivity index (χ2v) is 9.59. The Hall–Kier alpha value is -2.95. The second kappa shape index (κ2) is 11.0. The molecular formula is C26H30F3N5OS. The summed E-state index contributed by atoms with van der Waals surface area (Å²) in [5.74, 6) is -0.0954. The number of nitrogens with zero attached hydrogens (tertiary/aromatic N) is 3. The number of fused-ring (bicyclic) bond motifs is 3. The summed E-state index contributed by atoms with van der Waals surface area (Å²) < 4.78 is 42.4. The summed E-state index contributed by atoms with van der Waals surface area (Å²) in [7, 11) is 1.29. The van der Waals surface area contributed by atoms with Gasteiger partial charge in [0, 0.05) is 23.9 Å². The van der Waals surface area contributed by atoms with E-state index in [0.29, 0.717) is 17.8 Å². The van der Waals surface area contributed by atoms with Crippen LogP contribution in [0.3, 0.4) is 0 Å². The highest BCUT2D eigenvalue weighted by Crippen LogP contribution is 2.34. The molecule has 1 atom stereocenters. The molecular weight excluding hydrogens is 487 g/mol. The zero-order valence-corrected chi connectivity index (χ0v) is 21.3. The molecule has 0 fully saturated rings. The molecule has 36 heavy (non-hydrogen) atoms. The van der Waals surface area contributed by atoms with Crippen LogP contribution in [0.4, 0.5) is 13.2 Å². The van der Waals surface area contributed by atoms with E-state index in [2.05, 4.69) is 34.4 Å². The zero-order chi connectivity index (χ0) is 25.9. The van der Waals surface area contributed by atoms with Gasteiger partial charge in [-0.3, -0.25) is 9.20 Å². The number of thiazole rings is 1. The van der Waals surface area contributed by atoms with Crippen molar-refractivity contribution in [2.75, 3.05) is 33.2 Å². The van der Waals surface area contributed by atoms with Gasteiger partial charge in [0.2, 0.25) is 0 Å². The smallest absolute Gasteiger partial charge is 0.352 e. The van der Waals surface area contributed by atoms with Gasteiger partial charge < -0.3 is 15.5 Å². The Morgan fingerprint density at radius 1 is 1.14 bits per heavy atom. The number of hydrogen-bond acceptors (Lipinski definition) is 5. The maximum Gasteiger partial charge on any atom is 0.407 e. The first-order valence-electron chi connectivity index (χ1n) is 12.0. The van der Waals surface area contributed by atoms with Gasteiger partial charge in [0.1, 0.15) is 6.04 Å². The van der Waals surface area contributed by atoms with Crippen LogP contribution < -0.4 is 10.6 Å². The standard InChI is InChI=1S/C26H30F3N5OS/c1-4-33(5-2)14-6-13-31-24(35)19-11-12-21-22(15-19)36-25-32-20(16-34(21)25)17-7-9-18(10-8-17)23(30-3)26(27,28)29/h7-12,15-16,23,30H,4-6,13-14H2,1-3H3,(H,31,35)/t23-/m0/s1. The third-order valence-electron chi connectivity index (χ3n) is 6.34. The van der Waals surface area contributed by atoms with E-state index in [1.807, 2.05) is 22.7 Å². The topological polar surface area (TPSA) is 61.7 Å². The van der Waals surface area contributed by atoms with Gasteiger partial charge in [-0.2, -0.15) is 13.2 Å². The molecule has 0 aliphatic rings. The van der Waals surface area contributed by atoms with Crippen molar-refractivity contribution in [2.45, 2.75) is 32.5 Å². The van der Waals surface area contributed by atoms with Crippen molar-refractivity contribution in [1.29, 1.82) is 0 Å². The van der Waals surface area contributed by atoms with Crippen molar-refractivity contribution in [3.05, 3.63) is 59.8 Å². The number of aromatic nitrogens is 2. The molecule has 0 unspecified atom stereocenters. The van der Waals surface area contributed by atoms with Gasteiger partial charge in [-0.25, -0.2) is 4.98 Å². The number of hydrogen-bond donors (Lipinski definition) is 2. The second-order valence-electron chi connectivity index (χ2n) is 8.58. The van der Waals surface area contributed by atoms with Crippen molar-refractivity contribution in [1.82, 2.24) is 24.9 Å². The Bertz CT molecular complexity index is 1330. The first-order chi connectivity index (χ1) is 17.2. The molecule has 0 saturated carbocycles. The largest absolute Gasteiger partial charge is 0.407 e. The van der Waals surface area contributed by atoms with Gasteiger partial charge in [0.05, 0.1) is 15.9 Å². The molecule has 2 aromatic carbocycles. The lowest BCUT2D eigenvalue weighted by Crippen LogP contribution is -2.31. The van der Waals surface area contributed by atoms with Crippen LogP contribution in [-0.2, 0) is 0 Å². The normalized spacial score (nSPS) is 13.1. The highest BCUT2D eigenvalue weighted by Gasteiger charge is 2.39. The van der Waals surface area contributed by atoms with Crippen molar-refractivity contribution in [3.63, 3.8) is 0 Å². The molecule has 0 radical (unpaired) electrons. The number of amides is 1. The number of carbonyl (C=O) groups is 1. The van der Waals surface area contributed by atoms with Gasteiger partial charge in [-0.15, -0.1) is 0 Å². The minimum absolute atomic E-state index is 0.0954. The summed E-state index contributed by atoms with van der Waals surface area (Å²) in [6, 6.07) is 10.1. The highest BCUT2D eigenvalue weighted by atomic mass is 32.1. The first kappa shape index (κ1) is 26.1. The number of halogens is 3. The van der Waals surface area contributed by atoms with Crippen LogP contribution in [-0.4, -0.2) is 59.6 Å². The van der Waals surface area contributed by atoms with E-state index in [4.69, 9.17) is 0 Å². The fraction of sp³-hybridized carbons (Fsp3) is 0.385. The minimum atomic E-state index is -4.37. The third-order valence-corrected chi connectivity index (χ3v) is 7.36. The molecule has 0 bridgehead atoms. The third kappa shape index (κ3) is 5.55. The number of benzene rings is 2. The lowest BCUT2D eigenvalue weighted by atomic mass is 10.0. The molecule has 1 amide bonds. The van der Waals surface area contributed by atoms with Gasteiger partial charge in [-0.1, -0.05) is 49.4 Å². The van der Waals surface area contributed by atoms with Crippen LogP contribution in [0.1, 0.15) is 42.2 Å². The maximum absolute atomic E-state index is 13.2. The van der Waals surface area contributed by atoms with Gasteiger partial charge in [-0.05, 0) is 56.9 Å². The van der Waals surface area contributed by atoms with Crippen LogP contribution in [0, 0.1) is 0 Å². The Balaban J connectivity index is 1.48. The molecule has 0 saturated heterocycles. The van der Waals surface area contributed by atoms with Gasteiger partial charge in [0.25, 0.3) is 5.91 Å². The SMILES string of the molecule is CCN(CC)CCCNC(=O)c1ccc2c(c1)sc1nc(-c3ccc([C@H](NC)C(F)(F)F)cc3)cn12. The van der Waals surface area contributed by atoms with Gasteiger partial charge >= 0.3 is 6.18 Å². The Kier molecular flexibility index (Phi) is 7.97. The Labute approximate surface area is 212 Å². The molecule has 0 aliphatic heterocycles. The molecule has 6 nitrogen and oxygen atoms in total. The lowest BCUT2D eigenvalue weighted by molar-refractivity contribution is -0.156. The summed E-state index contributed by atoms with van der Waals surface area (Å²) in [4.78, 5) is 20.4. The minimum Gasteiger partial charge on any atom is -0.352 e. The fourth-order valence-corrected chi connectivity index (χ4v) is 5.34. The number of alkyl halides is 3. The molecule has 2 aromatic heterocycles. The summed E-state index contributed by atoms with van der Waals surface area (Å²) in [6.45, 7) is 7.85. The molecule has 2 heterocycles. The summed E-state index contributed by atoms with van der Waals surface area (Å²) >= 11 is 1.47. The van der Waals surface area contributed by atoms with E-state index in [9.17, 15) is 18.0 Å². The average Bonchev–Trinajstić information content (AvgIpc) is 3.41. The number of rotatable bonds is 10. The van der Waals surface area contributed by atoms with E-state index >= 15 is 0 Å². The monoisotopic (exact) mass is 517 g/mol. The predicted octanol–water partition coefficient (Wildman–Crippen LogP) is 5.50. The Morgan fingerprint density at radius 2 is 1.86 bits per heavy atom. The van der Waals surface area contributed by atoms with Crippen molar-refractivity contribution >= 4 is 32.4 Å². The maximum atomic E-state index is 13.2. The molecule has 192 valence electrons. The fourth-order valence-electron chi connectivity index (χ4n) is 4.29. The van der Waals surface area contributed by atoms with E-state index in [1.165, 1.54) is 30.5 Å². The van der Waals surface area contributed by atoms with Crippen LogP contribution in [0.5, 0.6) is 0 Å². The zero-order valence-electron chi connectivity index (χ0n) is 20.5. The predicted molar refractivity (Wildman–Crippen MR) is 139 cm³/mol. The summed E-state index contributed by atoms with van der Waals surface area (Å²) in [5.41, 5.74) is 3.10. The first-order valence-corrected chi connectivity index (χ1v) is 12.8. The van der Waals surface area contributed by atoms with Crippen LogP contribution in [0.25, 0.3) is 26.4 Å². The van der Waals surface area contributed by atoms with E-state index in [0.717, 1.165) is 46.8 Å². The molecule has 0 aliphatic carbocycles. The summed E-state index contributed by atoms with van der Waals surface area (Å²) in [6.07, 6.45) is -1.60. The molecule has 2 N–H and O–H groups in total. The van der Waals surface area contributed by atoms with E-state index < -0.39 is 12.2 Å². The van der Waals surface area contributed by atoms with Crippen molar-refractivity contribution in [2.24, 2.45) is 0 Å². The van der Waals surface area contributed by atoms with Crippen molar-refractivity contribution < 1.29 is 18.0 Å². The molecule has 4 rings (SSSR count). The Morgan fingerprint density at radius 3 is 2.50 bits per heavy atom. The van der Waals surface area contributed by atoms with Crippen LogP contribution in [0.15, 0.2) is 48.7 Å². The highest BCUT2D eigenvalue weighted by molar-refractivity contribution is 7.23. The lowest BCUT2D eigenvalue weighted by Gasteiger charge is -2.20. The van der Waals surface area contributed by atoms with Gasteiger partial charge in [0.15, 0.2) is 4.96 Å². The summed E-state index contributed by atoms with van der Waals surface area (Å²) in [5, 5.41) is 5.31. The number of carbonyl (C=O) groups excluding carboxylic acids is 1. The van der Waals surface area contributed by atoms with E-state index in [-0.39, 0.29) is 11.5 Å². The average molecular weight is 518 g/mol. The quantitative estimate of drug-likeness (QED) is 0.273. The molecule has 4 aromatic rings. The molecule has 10 heteroatoms. The van der Waals surface area contributed by atoms with E-state index in [1.54, 1.807) is 18.2 Å². The number of nitrogens with one attached hydrogen (secondary N) is 2. The number of imidazole rings is 1. The molecule has 0 spiro atoms. The van der Waals surface area contributed by atoms with Crippen LogP contribution in [0.2, 0.25) is 0 Å².